The van der Waals surface area contributed by atoms with Crippen LogP contribution in [0.3, 0.4) is 0 Å². The highest BCUT2D eigenvalue weighted by Gasteiger charge is 2.27. The maximum atomic E-state index is 10.6. The first-order valence-electron chi connectivity index (χ1n) is 8.28. The second kappa shape index (κ2) is 6.41. The van der Waals surface area contributed by atoms with E-state index in [1.165, 1.54) is 0 Å². The monoisotopic (exact) mass is 345 g/mol. The van der Waals surface area contributed by atoms with Crippen LogP contribution in [0.1, 0.15) is 38.6 Å². The maximum absolute atomic E-state index is 10.6. The lowest BCUT2D eigenvalue weighted by atomic mass is 10.0. The van der Waals surface area contributed by atoms with E-state index >= 15 is 0 Å². The number of aromatic nitrogens is 5. The summed E-state index contributed by atoms with van der Waals surface area (Å²) in [6, 6.07) is 1.98. The summed E-state index contributed by atoms with van der Waals surface area (Å²) in [5.74, 6) is 0.714. The van der Waals surface area contributed by atoms with Crippen molar-refractivity contribution in [1.29, 1.82) is 0 Å². The Kier molecular flexibility index (Phi) is 4.44. The SMILES string of the molecule is CCn1c(-c2nonc2N)nc2c(C(C)(C)O)nc(CCCN)cc21. The van der Waals surface area contributed by atoms with Gasteiger partial charge in [-0.25, -0.2) is 9.61 Å². The lowest BCUT2D eigenvalue weighted by molar-refractivity contribution is 0.0752. The number of hydrogen-bond donors (Lipinski definition) is 3. The summed E-state index contributed by atoms with van der Waals surface area (Å²) in [5.41, 5.74) is 13.5. The van der Waals surface area contributed by atoms with Gasteiger partial charge in [0.15, 0.2) is 17.3 Å². The van der Waals surface area contributed by atoms with Crippen LogP contribution in [-0.2, 0) is 18.6 Å². The van der Waals surface area contributed by atoms with Crippen molar-refractivity contribution in [1.82, 2.24) is 24.8 Å². The number of nitrogens with zero attached hydrogens (tertiary/aromatic N) is 5. The summed E-state index contributed by atoms with van der Waals surface area (Å²) in [5, 5.41) is 18.1. The molecule has 134 valence electrons. The number of nitrogens with two attached hydrogens (primary N) is 2. The molecule has 3 aromatic rings. The molecule has 0 atom stereocenters. The minimum atomic E-state index is -1.14. The van der Waals surface area contributed by atoms with Crippen molar-refractivity contribution in [2.24, 2.45) is 5.73 Å². The van der Waals surface area contributed by atoms with Gasteiger partial charge in [-0.05, 0) is 56.5 Å². The van der Waals surface area contributed by atoms with Gasteiger partial charge in [-0.3, -0.25) is 4.98 Å². The van der Waals surface area contributed by atoms with E-state index in [1.807, 2.05) is 17.6 Å². The third-order valence-electron chi connectivity index (χ3n) is 4.05. The third-order valence-corrected chi connectivity index (χ3v) is 4.05. The molecule has 0 aromatic carbocycles. The summed E-state index contributed by atoms with van der Waals surface area (Å²) in [6.07, 6.45) is 1.55. The number of fused-ring (bicyclic) bond motifs is 1. The summed E-state index contributed by atoms with van der Waals surface area (Å²) < 4.78 is 6.68. The zero-order chi connectivity index (χ0) is 18.2. The lowest BCUT2D eigenvalue weighted by Gasteiger charge is -2.18. The van der Waals surface area contributed by atoms with Crippen LogP contribution in [0.5, 0.6) is 0 Å². The minimum Gasteiger partial charge on any atom is -0.384 e. The van der Waals surface area contributed by atoms with Gasteiger partial charge >= 0.3 is 0 Å². The first-order valence-corrected chi connectivity index (χ1v) is 8.28. The average molecular weight is 345 g/mol. The van der Waals surface area contributed by atoms with Gasteiger partial charge in [-0.15, -0.1) is 0 Å². The molecule has 9 heteroatoms. The number of nitrogen functional groups attached to an aromatic ring is 1. The van der Waals surface area contributed by atoms with Gasteiger partial charge in [0.05, 0.1) is 11.2 Å². The van der Waals surface area contributed by atoms with Crippen LogP contribution in [0.4, 0.5) is 5.82 Å². The smallest absolute Gasteiger partial charge is 0.199 e. The Bertz CT molecular complexity index is 892. The van der Waals surface area contributed by atoms with Gasteiger partial charge in [0.2, 0.25) is 0 Å². The van der Waals surface area contributed by atoms with Gasteiger partial charge in [-0.2, -0.15) is 0 Å². The van der Waals surface area contributed by atoms with Gasteiger partial charge in [-0.1, -0.05) is 0 Å². The first-order chi connectivity index (χ1) is 11.9. The molecule has 0 amide bonds. The molecule has 3 rings (SSSR count). The summed E-state index contributed by atoms with van der Waals surface area (Å²) >= 11 is 0. The van der Waals surface area contributed by atoms with Crippen LogP contribution in [0, 0.1) is 0 Å². The predicted molar refractivity (Wildman–Crippen MR) is 93.5 cm³/mol. The molecule has 0 spiro atoms. The zero-order valence-electron chi connectivity index (χ0n) is 14.7. The quantitative estimate of drug-likeness (QED) is 0.605. The van der Waals surface area contributed by atoms with Crippen LogP contribution < -0.4 is 11.5 Å². The lowest BCUT2D eigenvalue weighted by Crippen LogP contribution is -2.19. The Labute approximate surface area is 145 Å². The Morgan fingerprint density at radius 1 is 1.28 bits per heavy atom. The number of rotatable bonds is 6. The molecule has 0 aliphatic rings. The number of aryl methyl sites for hydroxylation is 2. The molecule has 0 bridgehead atoms. The molecule has 0 aliphatic carbocycles. The molecule has 3 aromatic heterocycles. The van der Waals surface area contributed by atoms with E-state index in [1.54, 1.807) is 13.8 Å². The van der Waals surface area contributed by atoms with Crippen LogP contribution in [0.15, 0.2) is 10.7 Å². The van der Waals surface area contributed by atoms with Crippen LogP contribution in [-0.4, -0.2) is 36.5 Å². The number of anilines is 1. The van der Waals surface area contributed by atoms with Crippen molar-refractivity contribution >= 4 is 16.9 Å². The highest BCUT2D eigenvalue weighted by molar-refractivity contribution is 5.84. The fourth-order valence-corrected chi connectivity index (χ4v) is 2.86. The number of pyridine rings is 1. The second-order valence-corrected chi connectivity index (χ2v) is 6.46. The van der Waals surface area contributed by atoms with Crippen LogP contribution in [0.25, 0.3) is 22.6 Å². The summed E-state index contributed by atoms with van der Waals surface area (Å²) in [4.78, 5) is 9.28. The number of hydrogen-bond acceptors (Lipinski definition) is 8. The molecule has 0 unspecified atom stereocenters. The summed E-state index contributed by atoms with van der Waals surface area (Å²) in [7, 11) is 0. The van der Waals surface area contributed by atoms with Gasteiger partial charge in [0.25, 0.3) is 0 Å². The molecule has 5 N–H and O–H groups in total. The molecule has 9 nitrogen and oxygen atoms in total. The van der Waals surface area contributed by atoms with Gasteiger partial charge < -0.3 is 21.1 Å². The van der Waals surface area contributed by atoms with Crippen molar-refractivity contribution in [3.63, 3.8) is 0 Å². The van der Waals surface area contributed by atoms with Crippen molar-refractivity contribution in [2.45, 2.75) is 45.8 Å². The molecule has 0 saturated carbocycles. The maximum Gasteiger partial charge on any atom is 0.199 e. The van der Waals surface area contributed by atoms with Crippen LogP contribution in [0.2, 0.25) is 0 Å². The van der Waals surface area contributed by atoms with E-state index in [-0.39, 0.29) is 5.82 Å². The Morgan fingerprint density at radius 2 is 2.04 bits per heavy atom. The molecule has 0 fully saturated rings. The van der Waals surface area contributed by atoms with Gasteiger partial charge in [0.1, 0.15) is 11.1 Å². The van der Waals surface area contributed by atoms with E-state index in [9.17, 15) is 5.11 Å². The van der Waals surface area contributed by atoms with E-state index in [2.05, 4.69) is 20.3 Å². The largest absolute Gasteiger partial charge is 0.384 e. The van der Waals surface area contributed by atoms with Crippen molar-refractivity contribution in [3.8, 4) is 11.5 Å². The Balaban J connectivity index is 2.30. The standard InChI is InChI=1S/C16H23N7O2/c1-4-23-10-8-9(6-5-7-17)19-13(16(2,3)24)11(10)20-15(23)12-14(18)22-25-21-12/h8,24H,4-7,17H2,1-3H3,(H2,18,22). The molecule has 3 heterocycles. The van der Waals surface area contributed by atoms with Crippen molar-refractivity contribution in [3.05, 3.63) is 17.5 Å². The average Bonchev–Trinajstić information content (AvgIpc) is 3.13. The fourth-order valence-electron chi connectivity index (χ4n) is 2.86. The van der Waals surface area contributed by atoms with E-state index in [0.717, 1.165) is 24.1 Å². The Hall–Kier alpha value is -2.52. The van der Waals surface area contributed by atoms with Crippen molar-refractivity contribution < 1.29 is 9.74 Å². The summed E-state index contributed by atoms with van der Waals surface area (Å²) in [6.45, 7) is 6.61. The topological polar surface area (TPSA) is 142 Å². The third kappa shape index (κ3) is 3.08. The highest BCUT2D eigenvalue weighted by atomic mass is 16.6. The fraction of sp³-hybridized carbons (Fsp3) is 0.500. The molecule has 25 heavy (non-hydrogen) atoms. The van der Waals surface area contributed by atoms with Crippen molar-refractivity contribution in [2.75, 3.05) is 12.3 Å². The first kappa shape index (κ1) is 17.3. The van der Waals surface area contributed by atoms with E-state index in [4.69, 9.17) is 16.1 Å². The predicted octanol–water partition coefficient (Wildman–Crippen LogP) is 1.20. The zero-order valence-corrected chi connectivity index (χ0v) is 14.7. The molecule has 0 saturated heterocycles. The van der Waals surface area contributed by atoms with Crippen LogP contribution >= 0.6 is 0 Å². The Morgan fingerprint density at radius 3 is 2.60 bits per heavy atom. The molecule has 0 aliphatic heterocycles. The van der Waals surface area contributed by atoms with E-state index in [0.29, 0.717) is 35.8 Å². The molecular formula is C16H23N7O2. The second-order valence-electron chi connectivity index (χ2n) is 6.46. The normalized spacial score (nSPS) is 12.2. The number of aliphatic hydroxyl groups is 1. The van der Waals surface area contributed by atoms with E-state index < -0.39 is 5.60 Å². The van der Waals surface area contributed by atoms with Gasteiger partial charge in [0, 0.05) is 12.2 Å². The molecule has 0 radical (unpaired) electrons. The molecular weight excluding hydrogens is 322 g/mol. The number of imidazole rings is 1. The minimum absolute atomic E-state index is 0.172. The highest BCUT2D eigenvalue weighted by Crippen LogP contribution is 2.32.